The molecule has 2 amide bonds. The molecule has 28 heavy (non-hydrogen) atoms. The summed E-state index contributed by atoms with van der Waals surface area (Å²) in [6, 6.07) is 11.1. The monoisotopic (exact) mass is 398 g/mol. The van der Waals surface area contributed by atoms with Gasteiger partial charge in [0.2, 0.25) is 11.8 Å². The summed E-state index contributed by atoms with van der Waals surface area (Å²) in [4.78, 5) is 30.3. The topological polar surface area (TPSA) is 87.5 Å². The normalized spacial score (nSPS) is 10.8. The first-order valence-electron chi connectivity index (χ1n) is 8.78. The minimum absolute atomic E-state index is 0.0814. The van der Waals surface area contributed by atoms with Crippen molar-refractivity contribution in [1.82, 2.24) is 15.2 Å². The number of benzene rings is 1. The molecule has 2 N–H and O–H groups in total. The van der Waals surface area contributed by atoms with E-state index in [-0.39, 0.29) is 18.2 Å². The van der Waals surface area contributed by atoms with Crippen molar-refractivity contribution in [2.24, 2.45) is 0 Å². The maximum atomic E-state index is 12.2. The molecule has 0 saturated carbocycles. The second kappa shape index (κ2) is 9.29. The molecular formula is C20H22N4O3S. The first-order valence-corrected chi connectivity index (χ1v) is 9.66. The zero-order chi connectivity index (χ0) is 19.9. The summed E-state index contributed by atoms with van der Waals surface area (Å²) < 4.78 is 5.32. The number of hydrogen-bond donors (Lipinski definition) is 2. The smallest absolute Gasteiger partial charge is 0.238 e. The van der Waals surface area contributed by atoms with Crippen LogP contribution in [-0.4, -0.2) is 42.3 Å². The molecule has 0 atom stereocenters. The summed E-state index contributed by atoms with van der Waals surface area (Å²) in [6.45, 7) is 0.694. The third-order valence-electron chi connectivity index (χ3n) is 3.79. The predicted octanol–water partition coefficient (Wildman–Crippen LogP) is 2.76. The molecule has 8 heteroatoms. The Labute approximate surface area is 167 Å². The highest BCUT2D eigenvalue weighted by atomic mass is 32.1. The second-order valence-electron chi connectivity index (χ2n) is 6.56. The molecule has 2 heterocycles. The minimum Gasteiger partial charge on any atom is -0.462 e. The van der Waals surface area contributed by atoms with Crippen molar-refractivity contribution in [3.8, 4) is 10.8 Å². The van der Waals surface area contributed by atoms with Gasteiger partial charge in [0.15, 0.2) is 10.8 Å². The molecule has 0 fully saturated rings. The Morgan fingerprint density at radius 2 is 2.04 bits per heavy atom. The summed E-state index contributed by atoms with van der Waals surface area (Å²) in [5.74, 6) is 0.505. The van der Waals surface area contributed by atoms with Gasteiger partial charge in [0.25, 0.3) is 0 Å². The Morgan fingerprint density at radius 1 is 1.18 bits per heavy atom. The fourth-order valence-electron chi connectivity index (χ4n) is 2.58. The summed E-state index contributed by atoms with van der Waals surface area (Å²) >= 11 is 1.45. The van der Waals surface area contributed by atoms with E-state index in [2.05, 4.69) is 15.6 Å². The lowest BCUT2D eigenvalue weighted by Gasteiger charge is -2.11. The fourth-order valence-corrected chi connectivity index (χ4v) is 3.36. The maximum Gasteiger partial charge on any atom is 0.238 e. The van der Waals surface area contributed by atoms with Crippen molar-refractivity contribution in [1.29, 1.82) is 0 Å². The van der Waals surface area contributed by atoms with Crippen LogP contribution in [-0.2, 0) is 22.6 Å². The van der Waals surface area contributed by atoms with E-state index in [1.807, 2.05) is 49.8 Å². The van der Waals surface area contributed by atoms with Crippen LogP contribution in [0.4, 0.5) is 5.69 Å². The van der Waals surface area contributed by atoms with Crippen molar-refractivity contribution in [3.63, 3.8) is 0 Å². The van der Waals surface area contributed by atoms with Gasteiger partial charge in [-0.15, -0.1) is 11.3 Å². The average Bonchev–Trinajstić information content (AvgIpc) is 3.31. The number of aromatic nitrogens is 1. The Balaban J connectivity index is 1.50. The molecule has 3 aromatic rings. The highest BCUT2D eigenvalue weighted by Gasteiger charge is 2.11. The van der Waals surface area contributed by atoms with E-state index in [0.29, 0.717) is 30.2 Å². The lowest BCUT2D eigenvalue weighted by molar-refractivity contribution is -0.120. The summed E-state index contributed by atoms with van der Waals surface area (Å²) in [5.41, 5.74) is 2.32. The number of thiazole rings is 1. The largest absolute Gasteiger partial charge is 0.462 e. The first-order chi connectivity index (χ1) is 13.5. The van der Waals surface area contributed by atoms with Crippen molar-refractivity contribution < 1.29 is 14.0 Å². The van der Waals surface area contributed by atoms with E-state index in [1.165, 1.54) is 11.3 Å². The van der Waals surface area contributed by atoms with Gasteiger partial charge in [0, 0.05) is 17.6 Å². The molecule has 0 aliphatic carbocycles. The van der Waals surface area contributed by atoms with Crippen molar-refractivity contribution in [2.45, 2.75) is 13.0 Å². The molecular weight excluding hydrogens is 376 g/mol. The number of carbonyl (C=O) groups excluding carboxylic acids is 2. The number of carbonyl (C=O) groups is 2. The number of hydrogen-bond acceptors (Lipinski definition) is 6. The number of anilines is 1. The average molecular weight is 398 g/mol. The molecule has 0 bridgehead atoms. The lowest BCUT2D eigenvalue weighted by Crippen LogP contribution is -2.27. The quantitative estimate of drug-likeness (QED) is 0.609. The van der Waals surface area contributed by atoms with Crippen molar-refractivity contribution in [3.05, 3.63) is 59.3 Å². The number of likely N-dealkylation sites (N-methyl/N-ethyl adjacent to an activating group) is 1. The Hall–Kier alpha value is -2.97. The van der Waals surface area contributed by atoms with Crippen LogP contribution >= 0.6 is 11.3 Å². The molecule has 3 rings (SSSR count). The lowest BCUT2D eigenvalue weighted by atomic mass is 10.2. The third kappa shape index (κ3) is 5.77. The van der Waals surface area contributed by atoms with Crippen molar-refractivity contribution >= 4 is 28.8 Å². The molecule has 2 aromatic heterocycles. The van der Waals surface area contributed by atoms with E-state index in [9.17, 15) is 9.59 Å². The zero-order valence-corrected chi connectivity index (χ0v) is 16.6. The molecule has 0 spiro atoms. The van der Waals surface area contributed by atoms with Gasteiger partial charge in [0.05, 0.1) is 24.9 Å². The van der Waals surface area contributed by atoms with Crippen LogP contribution < -0.4 is 10.6 Å². The van der Waals surface area contributed by atoms with Gasteiger partial charge in [-0.3, -0.25) is 9.59 Å². The number of nitrogens with zero attached hydrogens (tertiary/aromatic N) is 2. The first kappa shape index (κ1) is 19.8. The summed E-state index contributed by atoms with van der Waals surface area (Å²) in [6.07, 6.45) is 1.80. The summed E-state index contributed by atoms with van der Waals surface area (Å²) in [7, 11) is 3.68. The van der Waals surface area contributed by atoms with Crippen molar-refractivity contribution in [2.75, 3.05) is 26.0 Å². The van der Waals surface area contributed by atoms with E-state index in [1.54, 1.807) is 17.2 Å². The molecule has 146 valence electrons. The number of furan rings is 1. The van der Waals surface area contributed by atoms with E-state index in [4.69, 9.17) is 4.42 Å². The van der Waals surface area contributed by atoms with E-state index in [0.717, 1.165) is 10.6 Å². The molecule has 0 unspecified atom stereocenters. The van der Waals surface area contributed by atoms with Crippen LogP contribution in [0.5, 0.6) is 0 Å². The Morgan fingerprint density at radius 3 is 2.79 bits per heavy atom. The standard InChI is InChI=1S/C20H22N4O3S/c1-24(2)12-19(26)22-15-6-3-5-14(9-15)11-21-18(25)10-16-13-28-20(23-16)17-7-4-8-27-17/h3-9,13H,10-12H2,1-2H3,(H,21,25)(H,22,26). The van der Waals surface area contributed by atoms with Gasteiger partial charge < -0.3 is 20.0 Å². The van der Waals surface area contributed by atoms with E-state index < -0.39 is 0 Å². The Bertz CT molecular complexity index is 935. The van der Waals surface area contributed by atoms with Crippen LogP contribution in [0.3, 0.4) is 0 Å². The summed E-state index contributed by atoms with van der Waals surface area (Å²) in [5, 5.41) is 8.35. The highest BCUT2D eigenvalue weighted by molar-refractivity contribution is 7.13. The van der Waals surface area contributed by atoms with Gasteiger partial charge in [-0.05, 0) is 43.9 Å². The van der Waals surface area contributed by atoms with Crippen LogP contribution in [0.1, 0.15) is 11.3 Å². The third-order valence-corrected chi connectivity index (χ3v) is 4.69. The van der Waals surface area contributed by atoms with Crippen LogP contribution in [0, 0.1) is 0 Å². The van der Waals surface area contributed by atoms with Crippen LogP contribution in [0.25, 0.3) is 10.8 Å². The maximum absolute atomic E-state index is 12.2. The zero-order valence-electron chi connectivity index (χ0n) is 15.8. The van der Waals surface area contributed by atoms with E-state index >= 15 is 0 Å². The minimum atomic E-state index is -0.113. The van der Waals surface area contributed by atoms with Crippen LogP contribution in [0.15, 0.2) is 52.5 Å². The van der Waals surface area contributed by atoms with Gasteiger partial charge in [-0.2, -0.15) is 0 Å². The Kier molecular flexibility index (Phi) is 6.57. The molecule has 0 aliphatic heterocycles. The number of rotatable bonds is 8. The molecule has 7 nitrogen and oxygen atoms in total. The molecule has 0 radical (unpaired) electrons. The molecule has 0 saturated heterocycles. The number of amides is 2. The highest BCUT2D eigenvalue weighted by Crippen LogP contribution is 2.24. The molecule has 0 aliphatic rings. The number of nitrogens with one attached hydrogen (secondary N) is 2. The van der Waals surface area contributed by atoms with Gasteiger partial charge >= 0.3 is 0 Å². The van der Waals surface area contributed by atoms with Gasteiger partial charge in [0.1, 0.15) is 0 Å². The van der Waals surface area contributed by atoms with Gasteiger partial charge in [-0.25, -0.2) is 4.98 Å². The fraction of sp³-hybridized carbons (Fsp3) is 0.250. The predicted molar refractivity (Wildman–Crippen MR) is 109 cm³/mol. The van der Waals surface area contributed by atoms with Gasteiger partial charge in [-0.1, -0.05) is 12.1 Å². The van der Waals surface area contributed by atoms with Crippen LogP contribution in [0.2, 0.25) is 0 Å². The molecule has 1 aromatic carbocycles. The SMILES string of the molecule is CN(C)CC(=O)Nc1cccc(CNC(=O)Cc2csc(-c3ccco3)n2)c1. The second-order valence-corrected chi connectivity index (χ2v) is 7.42.